The molecule has 1 rings (SSSR count). The molecule has 23 heavy (non-hydrogen) atoms. The van der Waals surface area contributed by atoms with Gasteiger partial charge in [0.05, 0.1) is 19.8 Å². The zero-order chi connectivity index (χ0) is 16.8. The van der Waals surface area contributed by atoms with E-state index in [4.69, 9.17) is 26.8 Å². The highest BCUT2D eigenvalue weighted by Crippen LogP contribution is 2.22. The maximum Gasteiger partial charge on any atom is 0.223 e. The first kappa shape index (κ1) is 20.7. The average molecular weight is 349 g/mol. The number of unbranched alkanes of at least 4 members (excludes halogenated alkanes) is 3. The summed E-state index contributed by atoms with van der Waals surface area (Å²) in [5.41, 5.74) is 5.85. The van der Waals surface area contributed by atoms with Crippen LogP contribution < -0.4 is 11.1 Å². The molecule has 0 aromatic carbocycles. The van der Waals surface area contributed by atoms with E-state index in [1.54, 1.807) is 0 Å². The van der Waals surface area contributed by atoms with Gasteiger partial charge in [-0.05, 0) is 38.5 Å². The minimum Gasteiger partial charge on any atom is -0.379 e. The second-order valence-corrected chi connectivity index (χ2v) is 6.61. The first-order valence-corrected chi connectivity index (χ1v) is 9.52. The van der Waals surface area contributed by atoms with Crippen LogP contribution in [0.25, 0.3) is 0 Å². The van der Waals surface area contributed by atoms with E-state index in [-0.39, 0.29) is 17.9 Å². The van der Waals surface area contributed by atoms with Crippen molar-refractivity contribution in [3.8, 4) is 0 Å². The van der Waals surface area contributed by atoms with E-state index < -0.39 is 0 Å². The summed E-state index contributed by atoms with van der Waals surface area (Å²) in [6, 6.07) is 0.280. The number of nitrogens with two attached hydrogens (primary N) is 1. The summed E-state index contributed by atoms with van der Waals surface area (Å²) in [4.78, 5) is 11.9. The second kappa shape index (κ2) is 14.0. The van der Waals surface area contributed by atoms with Crippen LogP contribution in [0, 0.1) is 5.92 Å². The number of halogens is 1. The quantitative estimate of drug-likeness (QED) is 0.396. The normalized spacial score (nSPS) is 21.3. The molecule has 0 aromatic heterocycles. The fraction of sp³-hybridized carbons (Fsp3) is 0.941. The molecule has 3 N–H and O–H groups in total. The van der Waals surface area contributed by atoms with E-state index in [1.165, 1.54) is 12.8 Å². The Kier molecular flexibility index (Phi) is 12.6. The first-order valence-electron chi connectivity index (χ1n) is 8.98. The van der Waals surface area contributed by atoms with Crippen LogP contribution in [-0.2, 0) is 14.3 Å². The number of alkyl halides is 1. The number of amides is 1. The van der Waals surface area contributed by atoms with Gasteiger partial charge in [0, 0.05) is 31.0 Å². The fourth-order valence-corrected chi connectivity index (χ4v) is 2.94. The number of carbonyl (C=O) groups is 1. The van der Waals surface area contributed by atoms with E-state index >= 15 is 0 Å². The third kappa shape index (κ3) is 10.9. The minimum atomic E-state index is 0.136. The Balaban J connectivity index is 1.81. The Hall–Kier alpha value is -0.360. The molecule has 5 nitrogen and oxygen atoms in total. The van der Waals surface area contributed by atoms with Crippen LogP contribution in [0.2, 0.25) is 0 Å². The van der Waals surface area contributed by atoms with Crippen molar-refractivity contribution in [3.05, 3.63) is 0 Å². The van der Waals surface area contributed by atoms with E-state index in [0.717, 1.165) is 51.0 Å². The molecule has 1 saturated carbocycles. The average Bonchev–Trinajstić information content (AvgIpc) is 2.56. The molecule has 0 aromatic rings. The number of ether oxygens (including phenoxy) is 2. The molecule has 0 atom stereocenters. The van der Waals surface area contributed by atoms with Crippen LogP contribution in [0.15, 0.2) is 0 Å². The van der Waals surface area contributed by atoms with Crippen molar-refractivity contribution in [2.24, 2.45) is 11.7 Å². The van der Waals surface area contributed by atoms with Crippen molar-refractivity contribution in [1.82, 2.24) is 5.32 Å². The number of nitrogens with one attached hydrogen (secondary N) is 1. The summed E-state index contributed by atoms with van der Waals surface area (Å²) in [6.07, 6.45) is 8.25. The van der Waals surface area contributed by atoms with E-state index in [0.29, 0.717) is 26.4 Å². The topological polar surface area (TPSA) is 73.6 Å². The maximum atomic E-state index is 11.9. The highest BCUT2D eigenvalue weighted by molar-refractivity contribution is 6.17. The third-order valence-electron chi connectivity index (χ3n) is 4.23. The van der Waals surface area contributed by atoms with Gasteiger partial charge in [-0.2, -0.15) is 0 Å². The molecule has 0 spiro atoms. The molecule has 1 fully saturated rings. The van der Waals surface area contributed by atoms with Crippen LogP contribution in [0.5, 0.6) is 0 Å². The summed E-state index contributed by atoms with van der Waals surface area (Å²) in [7, 11) is 0. The molecule has 0 heterocycles. The third-order valence-corrected chi connectivity index (χ3v) is 4.50. The molecule has 1 amide bonds. The number of rotatable bonds is 13. The van der Waals surface area contributed by atoms with Gasteiger partial charge in [-0.3, -0.25) is 4.79 Å². The van der Waals surface area contributed by atoms with Gasteiger partial charge in [0.1, 0.15) is 0 Å². The molecule has 0 bridgehead atoms. The molecule has 136 valence electrons. The highest BCUT2D eigenvalue weighted by atomic mass is 35.5. The Labute approximate surface area is 145 Å². The molecular weight excluding hydrogens is 316 g/mol. The van der Waals surface area contributed by atoms with Crippen LogP contribution in [0.4, 0.5) is 0 Å². The smallest absolute Gasteiger partial charge is 0.223 e. The molecule has 0 unspecified atom stereocenters. The van der Waals surface area contributed by atoms with Crippen LogP contribution in [0.3, 0.4) is 0 Å². The standard InChI is InChI=1S/C17H33ClN2O3/c18-9-3-1-2-4-11-22-13-14-23-12-10-20-17(21)15-5-7-16(19)8-6-15/h15-16H,1-14,19H2,(H,20,21). The zero-order valence-electron chi connectivity index (χ0n) is 14.2. The minimum absolute atomic E-state index is 0.136. The lowest BCUT2D eigenvalue weighted by molar-refractivity contribution is -0.126. The Bertz CT molecular complexity index is 298. The summed E-state index contributed by atoms with van der Waals surface area (Å²) in [5, 5.41) is 2.94. The van der Waals surface area contributed by atoms with Gasteiger partial charge in [-0.15, -0.1) is 11.6 Å². The Morgan fingerprint density at radius 2 is 1.61 bits per heavy atom. The van der Waals surface area contributed by atoms with Crippen LogP contribution >= 0.6 is 11.6 Å². The Morgan fingerprint density at radius 1 is 0.957 bits per heavy atom. The van der Waals surface area contributed by atoms with E-state index in [1.807, 2.05) is 0 Å². The zero-order valence-corrected chi connectivity index (χ0v) is 15.0. The molecule has 0 saturated heterocycles. The summed E-state index contributed by atoms with van der Waals surface area (Å²) >= 11 is 5.61. The van der Waals surface area contributed by atoms with Crippen molar-refractivity contribution in [2.75, 3.05) is 38.9 Å². The number of carbonyl (C=O) groups excluding carboxylic acids is 1. The van der Waals surface area contributed by atoms with Crippen molar-refractivity contribution < 1.29 is 14.3 Å². The molecular formula is C17H33ClN2O3. The number of hydrogen-bond acceptors (Lipinski definition) is 4. The molecule has 1 aliphatic carbocycles. The van der Waals surface area contributed by atoms with Gasteiger partial charge in [0.25, 0.3) is 0 Å². The van der Waals surface area contributed by atoms with Gasteiger partial charge >= 0.3 is 0 Å². The van der Waals surface area contributed by atoms with Gasteiger partial charge < -0.3 is 20.5 Å². The van der Waals surface area contributed by atoms with Gasteiger partial charge in [-0.1, -0.05) is 12.8 Å². The summed E-state index contributed by atoms with van der Waals surface area (Å²) in [5.74, 6) is 1.03. The van der Waals surface area contributed by atoms with E-state index in [9.17, 15) is 4.79 Å². The SMILES string of the molecule is NC1CCC(C(=O)NCCOCCOCCCCCCCl)CC1. The number of hydrogen-bond donors (Lipinski definition) is 2. The molecule has 0 aliphatic heterocycles. The van der Waals surface area contributed by atoms with Crippen molar-refractivity contribution in [1.29, 1.82) is 0 Å². The monoisotopic (exact) mass is 348 g/mol. The lowest BCUT2D eigenvalue weighted by Gasteiger charge is -2.25. The van der Waals surface area contributed by atoms with Crippen LogP contribution in [-0.4, -0.2) is 50.8 Å². The highest BCUT2D eigenvalue weighted by Gasteiger charge is 2.23. The first-order chi connectivity index (χ1) is 11.2. The summed E-state index contributed by atoms with van der Waals surface area (Å²) < 4.78 is 10.9. The molecule has 0 radical (unpaired) electrons. The van der Waals surface area contributed by atoms with Crippen molar-refractivity contribution in [3.63, 3.8) is 0 Å². The van der Waals surface area contributed by atoms with Crippen molar-refractivity contribution >= 4 is 17.5 Å². The fourth-order valence-electron chi connectivity index (χ4n) is 2.75. The molecule has 1 aliphatic rings. The maximum absolute atomic E-state index is 11.9. The van der Waals surface area contributed by atoms with Gasteiger partial charge in [0.15, 0.2) is 0 Å². The summed E-state index contributed by atoms with van der Waals surface area (Å²) in [6.45, 7) is 3.09. The largest absolute Gasteiger partial charge is 0.379 e. The Morgan fingerprint density at radius 3 is 2.30 bits per heavy atom. The van der Waals surface area contributed by atoms with E-state index in [2.05, 4.69) is 5.32 Å². The van der Waals surface area contributed by atoms with Crippen molar-refractivity contribution in [2.45, 2.75) is 57.4 Å². The van der Waals surface area contributed by atoms with Crippen LogP contribution in [0.1, 0.15) is 51.4 Å². The lowest BCUT2D eigenvalue weighted by Crippen LogP contribution is -2.37. The second-order valence-electron chi connectivity index (χ2n) is 6.23. The predicted octanol–water partition coefficient (Wildman–Crippen LogP) is 2.45. The predicted molar refractivity (Wildman–Crippen MR) is 93.8 cm³/mol. The van der Waals surface area contributed by atoms with Gasteiger partial charge in [0.2, 0.25) is 5.91 Å². The molecule has 6 heteroatoms. The lowest BCUT2D eigenvalue weighted by atomic mass is 9.86. The van der Waals surface area contributed by atoms with Gasteiger partial charge in [-0.25, -0.2) is 0 Å².